The molecule has 1 N–H and O–H groups in total. The molecule has 0 spiro atoms. The number of hydrogen-bond acceptors (Lipinski definition) is 5. The zero-order valence-electron chi connectivity index (χ0n) is 13.8. The van der Waals surface area contributed by atoms with Crippen LogP contribution < -0.4 is 5.32 Å². The van der Waals surface area contributed by atoms with Crippen molar-refractivity contribution in [2.75, 3.05) is 26.7 Å². The molecule has 0 saturated carbocycles. The van der Waals surface area contributed by atoms with Gasteiger partial charge in [0.25, 0.3) is 5.91 Å². The Balaban J connectivity index is 2.17. The van der Waals surface area contributed by atoms with E-state index in [9.17, 15) is 18.0 Å². The van der Waals surface area contributed by atoms with Crippen molar-refractivity contribution in [3.05, 3.63) is 29.8 Å². The van der Waals surface area contributed by atoms with E-state index in [4.69, 9.17) is 4.74 Å². The lowest BCUT2D eigenvalue weighted by molar-refractivity contribution is -0.149. The van der Waals surface area contributed by atoms with E-state index in [-0.39, 0.29) is 29.9 Å². The Hall–Kier alpha value is -1.93. The number of carbonyl (C=O) groups is 2. The van der Waals surface area contributed by atoms with Gasteiger partial charge in [-0.3, -0.25) is 9.59 Å². The molecule has 24 heavy (non-hydrogen) atoms. The van der Waals surface area contributed by atoms with Crippen LogP contribution in [-0.2, 0) is 19.6 Å². The Morgan fingerprint density at radius 1 is 1.29 bits per heavy atom. The van der Waals surface area contributed by atoms with Crippen molar-refractivity contribution in [3.63, 3.8) is 0 Å². The normalized spacial score (nSPS) is 18.8. The summed E-state index contributed by atoms with van der Waals surface area (Å²) in [5.41, 5.74) is 0.388. The second-order valence-electron chi connectivity index (χ2n) is 5.56. The van der Waals surface area contributed by atoms with E-state index >= 15 is 0 Å². The van der Waals surface area contributed by atoms with E-state index in [1.165, 1.54) is 35.6 Å². The molecule has 1 unspecified atom stereocenters. The van der Waals surface area contributed by atoms with Crippen LogP contribution in [0.15, 0.2) is 29.2 Å². The third-order valence-corrected chi connectivity index (χ3v) is 5.86. The monoisotopic (exact) mass is 354 g/mol. The molecule has 1 atom stereocenters. The summed E-state index contributed by atoms with van der Waals surface area (Å²) in [6.07, 6.45) is 1.24. The van der Waals surface area contributed by atoms with Gasteiger partial charge in [0.05, 0.1) is 17.4 Å². The quantitative estimate of drug-likeness (QED) is 0.797. The first-order valence-electron chi connectivity index (χ1n) is 7.89. The molecule has 0 aromatic heterocycles. The third-order valence-electron chi connectivity index (χ3n) is 3.99. The third kappa shape index (κ3) is 3.93. The Kier molecular flexibility index (Phi) is 5.95. The van der Waals surface area contributed by atoms with Gasteiger partial charge in [-0.1, -0.05) is 0 Å². The summed E-state index contributed by atoms with van der Waals surface area (Å²) in [4.78, 5) is 23.5. The minimum absolute atomic E-state index is 0.111. The van der Waals surface area contributed by atoms with E-state index in [1.54, 1.807) is 6.92 Å². The highest BCUT2D eigenvalue weighted by atomic mass is 32.2. The number of nitrogens with zero attached hydrogens (tertiary/aromatic N) is 1. The van der Waals surface area contributed by atoms with Gasteiger partial charge in [0.1, 0.15) is 0 Å². The van der Waals surface area contributed by atoms with Crippen molar-refractivity contribution in [1.29, 1.82) is 0 Å². The summed E-state index contributed by atoms with van der Waals surface area (Å²) >= 11 is 0. The van der Waals surface area contributed by atoms with Crippen LogP contribution in [0.25, 0.3) is 0 Å². The van der Waals surface area contributed by atoms with Crippen LogP contribution in [0.2, 0.25) is 0 Å². The average Bonchev–Trinajstić information content (AvgIpc) is 2.61. The highest BCUT2D eigenvalue weighted by molar-refractivity contribution is 7.89. The lowest BCUT2D eigenvalue weighted by Gasteiger charge is -2.30. The molecule has 1 aliphatic heterocycles. The molecule has 1 saturated heterocycles. The predicted molar refractivity (Wildman–Crippen MR) is 87.9 cm³/mol. The zero-order chi connectivity index (χ0) is 17.7. The first-order chi connectivity index (χ1) is 11.4. The van der Waals surface area contributed by atoms with Gasteiger partial charge in [0, 0.05) is 25.7 Å². The second-order valence-corrected chi connectivity index (χ2v) is 7.50. The fourth-order valence-electron chi connectivity index (χ4n) is 2.68. The SMILES string of the molecule is CCOC(=O)C1CCCN(S(=O)(=O)c2ccc(C(=O)NC)cc2)C1. The van der Waals surface area contributed by atoms with Gasteiger partial charge >= 0.3 is 5.97 Å². The summed E-state index contributed by atoms with van der Waals surface area (Å²) in [7, 11) is -2.19. The van der Waals surface area contributed by atoms with Gasteiger partial charge in [-0.2, -0.15) is 4.31 Å². The first kappa shape index (κ1) is 18.4. The van der Waals surface area contributed by atoms with Crippen LogP contribution in [0.5, 0.6) is 0 Å². The van der Waals surface area contributed by atoms with Crippen LogP contribution in [0.4, 0.5) is 0 Å². The molecule has 0 bridgehead atoms. The average molecular weight is 354 g/mol. The van der Waals surface area contributed by atoms with Crippen LogP contribution in [0, 0.1) is 5.92 Å². The molecule has 0 radical (unpaired) electrons. The Labute approximate surface area is 142 Å². The number of sulfonamides is 1. The highest BCUT2D eigenvalue weighted by Gasteiger charge is 2.34. The number of ether oxygens (including phenoxy) is 1. The summed E-state index contributed by atoms with van der Waals surface area (Å²) in [5.74, 6) is -1.06. The van der Waals surface area contributed by atoms with Gasteiger partial charge in [0.2, 0.25) is 10.0 Å². The molecule has 1 amide bonds. The molecule has 7 nitrogen and oxygen atoms in total. The maximum Gasteiger partial charge on any atom is 0.310 e. The minimum atomic E-state index is -3.70. The van der Waals surface area contributed by atoms with Crippen molar-refractivity contribution in [1.82, 2.24) is 9.62 Å². The van der Waals surface area contributed by atoms with Gasteiger partial charge < -0.3 is 10.1 Å². The number of hydrogen-bond donors (Lipinski definition) is 1. The predicted octanol–water partition coefficient (Wildman–Crippen LogP) is 1.01. The van der Waals surface area contributed by atoms with Crippen molar-refractivity contribution in [3.8, 4) is 0 Å². The standard InChI is InChI=1S/C16H22N2O5S/c1-3-23-16(20)13-5-4-10-18(11-13)24(21,22)14-8-6-12(7-9-14)15(19)17-2/h6-9,13H,3-5,10-11H2,1-2H3,(H,17,19). The van der Waals surface area contributed by atoms with E-state index < -0.39 is 15.9 Å². The van der Waals surface area contributed by atoms with Crippen LogP contribution in [-0.4, -0.2) is 51.3 Å². The smallest absolute Gasteiger partial charge is 0.310 e. The molecular weight excluding hydrogens is 332 g/mol. The van der Waals surface area contributed by atoms with E-state index in [0.29, 0.717) is 24.9 Å². The summed E-state index contributed by atoms with van der Waals surface area (Å²) < 4.78 is 31.8. The Bertz CT molecular complexity index is 700. The number of piperidine rings is 1. The van der Waals surface area contributed by atoms with E-state index in [0.717, 1.165) is 0 Å². The fourth-order valence-corrected chi connectivity index (χ4v) is 4.21. The molecule has 8 heteroatoms. The second kappa shape index (κ2) is 7.76. The van der Waals surface area contributed by atoms with Crippen LogP contribution in [0.3, 0.4) is 0 Å². The largest absolute Gasteiger partial charge is 0.466 e. The molecule has 132 valence electrons. The van der Waals surface area contributed by atoms with Crippen molar-refractivity contribution in [2.45, 2.75) is 24.7 Å². The lowest BCUT2D eigenvalue weighted by atomic mass is 10.0. The summed E-state index contributed by atoms with van der Waals surface area (Å²) in [6, 6.07) is 5.76. The topological polar surface area (TPSA) is 92.8 Å². The zero-order valence-corrected chi connectivity index (χ0v) is 14.6. The van der Waals surface area contributed by atoms with Crippen LogP contribution >= 0.6 is 0 Å². The molecule has 1 heterocycles. The minimum Gasteiger partial charge on any atom is -0.466 e. The molecule has 1 aromatic carbocycles. The number of esters is 1. The number of rotatable bonds is 5. The fraction of sp³-hybridized carbons (Fsp3) is 0.500. The van der Waals surface area contributed by atoms with Crippen molar-refractivity contribution >= 4 is 21.9 Å². The molecule has 1 aliphatic rings. The first-order valence-corrected chi connectivity index (χ1v) is 9.33. The van der Waals surface area contributed by atoms with Crippen LogP contribution in [0.1, 0.15) is 30.1 Å². The van der Waals surface area contributed by atoms with Gasteiger partial charge in [-0.25, -0.2) is 8.42 Å². The number of nitrogens with one attached hydrogen (secondary N) is 1. The van der Waals surface area contributed by atoms with Gasteiger partial charge in [-0.15, -0.1) is 0 Å². The van der Waals surface area contributed by atoms with Gasteiger partial charge in [-0.05, 0) is 44.0 Å². The Morgan fingerprint density at radius 3 is 2.54 bits per heavy atom. The maximum absolute atomic E-state index is 12.7. The molecule has 2 rings (SSSR count). The van der Waals surface area contributed by atoms with Crippen molar-refractivity contribution < 1.29 is 22.7 Å². The maximum atomic E-state index is 12.7. The summed E-state index contributed by atoms with van der Waals surface area (Å²) in [6.45, 7) is 2.50. The molecule has 1 aromatic rings. The highest BCUT2D eigenvalue weighted by Crippen LogP contribution is 2.24. The lowest BCUT2D eigenvalue weighted by Crippen LogP contribution is -2.42. The molecule has 1 fully saturated rings. The van der Waals surface area contributed by atoms with E-state index in [2.05, 4.69) is 5.32 Å². The van der Waals surface area contributed by atoms with E-state index in [1.807, 2.05) is 0 Å². The van der Waals surface area contributed by atoms with Crippen molar-refractivity contribution in [2.24, 2.45) is 5.92 Å². The number of amides is 1. The molecular formula is C16H22N2O5S. The number of carbonyl (C=O) groups excluding carboxylic acids is 2. The Morgan fingerprint density at radius 2 is 1.96 bits per heavy atom. The summed E-state index contributed by atoms with van der Waals surface area (Å²) in [5, 5.41) is 2.48. The number of benzene rings is 1. The molecule has 0 aliphatic carbocycles. The van der Waals surface area contributed by atoms with Gasteiger partial charge in [0.15, 0.2) is 0 Å².